The summed E-state index contributed by atoms with van der Waals surface area (Å²) >= 11 is 0. The fourth-order valence-electron chi connectivity index (χ4n) is 3.27. The van der Waals surface area contributed by atoms with Gasteiger partial charge >= 0.3 is 0 Å². The van der Waals surface area contributed by atoms with Gasteiger partial charge in [-0.05, 0) is 58.7 Å². The summed E-state index contributed by atoms with van der Waals surface area (Å²) in [5, 5.41) is 0. The Morgan fingerprint density at radius 1 is 0.806 bits per heavy atom. The molecule has 3 heteroatoms. The Balaban J connectivity index is 1.88. The average molecular weight is 412 g/mol. The molecule has 0 fully saturated rings. The second kappa shape index (κ2) is 10.4. The van der Waals surface area contributed by atoms with Crippen LogP contribution in [0.5, 0.6) is 5.75 Å². The molecule has 0 aliphatic heterocycles. The summed E-state index contributed by atoms with van der Waals surface area (Å²) in [5.74, 6) is 0.858. The van der Waals surface area contributed by atoms with Crippen molar-refractivity contribution in [2.75, 3.05) is 40.2 Å². The molecule has 0 bridgehead atoms. The van der Waals surface area contributed by atoms with E-state index in [9.17, 15) is 0 Å². The molecule has 3 rings (SSSR count). The smallest absolute Gasteiger partial charge is 0.199 e. The van der Waals surface area contributed by atoms with E-state index in [1.807, 2.05) is 12.1 Å². The van der Waals surface area contributed by atoms with Crippen molar-refractivity contribution in [2.24, 2.45) is 0 Å². The highest BCUT2D eigenvalue weighted by Gasteiger charge is 2.06. The predicted octanol–water partition coefficient (Wildman–Crippen LogP) is 5.51. The Morgan fingerprint density at radius 2 is 1.39 bits per heavy atom. The van der Waals surface area contributed by atoms with Crippen LogP contribution in [-0.2, 0) is 0 Å². The van der Waals surface area contributed by atoms with Crippen molar-refractivity contribution in [2.45, 2.75) is 0 Å². The van der Waals surface area contributed by atoms with Gasteiger partial charge in [-0.25, -0.2) is 4.58 Å². The molecule has 0 radical (unpaired) electrons. The number of anilines is 1. The second-order valence-electron chi connectivity index (χ2n) is 7.79. The monoisotopic (exact) mass is 411 g/mol. The van der Waals surface area contributed by atoms with Crippen LogP contribution in [0, 0.1) is 0 Å². The van der Waals surface area contributed by atoms with E-state index in [1.165, 1.54) is 28.1 Å². The molecule has 0 heterocycles. The van der Waals surface area contributed by atoms with Crippen LogP contribution in [-0.4, -0.2) is 45.6 Å². The molecule has 0 amide bonds. The number of benzene rings is 2. The molecule has 2 aromatic rings. The van der Waals surface area contributed by atoms with Crippen LogP contribution in [0.3, 0.4) is 0 Å². The van der Waals surface area contributed by atoms with Crippen molar-refractivity contribution in [1.29, 1.82) is 0 Å². The Bertz CT molecular complexity index is 1050. The minimum atomic E-state index is 0.858. The Labute approximate surface area is 186 Å². The first-order valence-electron chi connectivity index (χ1n) is 10.4. The van der Waals surface area contributed by atoms with E-state index in [0.29, 0.717) is 0 Å². The SMILES string of the molecule is COc1ccc(/C(=C\C=C\C=C2C=CC(=[N+](C)C)C=C2)c2ccc(N(C)C)cc2)cc1. The zero-order chi connectivity index (χ0) is 22.2. The van der Waals surface area contributed by atoms with Crippen molar-refractivity contribution in [3.05, 3.63) is 114 Å². The van der Waals surface area contributed by atoms with Gasteiger partial charge in [-0.15, -0.1) is 0 Å². The molecule has 31 heavy (non-hydrogen) atoms. The highest BCUT2D eigenvalue weighted by Crippen LogP contribution is 2.27. The zero-order valence-corrected chi connectivity index (χ0v) is 19.0. The van der Waals surface area contributed by atoms with Gasteiger partial charge in [-0.3, -0.25) is 0 Å². The molecular formula is C28H31N2O+. The summed E-state index contributed by atoms with van der Waals surface area (Å²) in [4.78, 5) is 2.11. The molecule has 0 saturated heterocycles. The molecule has 1 aliphatic carbocycles. The minimum absolute atomic E-state index is 0.858. The first kappa shape index (κ1) is 22.1. The highest BCUT2D eigenvalue weighted by molar-refractivity contribution is 6.02. The molecule has 0 unspecified atom stereocenters. The normalized spacial score (nSPS) is 13.6. The molecule has 0 spiro atoms. The van der Waals surface area contributed by atoms with Gasteiger partial charge in [0.25, 0.3) is 0 Å². The number of ether oxygens (including phenoxy) is 1. The van der Waals surface area contributed by atoms with Gasteiger partial charge in [0, 0.05) is 31.9 Å². The molecule has 158 valence electrons. The maximum atomic E-state index is 5.32. The number of nitrogens with zero attached hydrogens (tertiary/aromatic N) is 2. The number of methoxy groups -OCH3 is 1. The topological polar surface area (TPSA) is 15.5 Å². The van der Waals surface area contributed by atoms with E-state index >= 15 is 0 Å². The third-order valence-electron chi connectivity index (χ3n) is 5.17. The lowest BCUT2D eigenvalue weighted by Crippen LogP contribution is -2.09. The maximum absolute atomic E-state index is 5.32. The number of hydrogen-bond acceptors (Lipinski definition) is 2. The number of rotatable bonds is 6. The fourth-order valence-corrected chi connectivity index (χ4v) is 3.27. The first-order valence-corrected chi connectivity index (χ1v) is 10.4. The first-order chi connectivity index (χ1) is 15.0. The molecule has 0 N–H and O–H groups in total. The maximum Gasteiger partial charge on any atom is 0.199 e. The lowest BCUT2D eigenvalue weighted by Gasteiger charge is -2.14. The summed E-state index contributed by atoms with van der Waals surface area (Å²) in [5.41, 5.74) is 7.05. The molecule has 2 aromatic carbocycles. The van der Waals surface area contributed by atoms with Crippen molar-refractivity contribution < 1.29 is 9.31 Å². The summed E-state index contributed by atoms with van der Waals surface area (Å²) < 4.78 is 7.42. The van der Waals surface area contributed by atoms with E-state index in [0.717, 1.165) is 11.3 Å². The van der Waals surface area contributed by atoms with Gasteiger partial charge in [-0.1, -0.05) is 48.6 Å². The van der Waals surface area contributed by atoms with Gasteiger partial charge in [-0.2, -0.15) is 0 Å². The Hall–Kier alpha value is -3.59. The van der Waals surface area contributed by atoms with Crippen molar-refractivity contribution in [1.82, 2.24) is 0 Å². The predicted molar refractivity (Wildman–Crippen MR) is 133 cm³/mol. The van der Waals surface area contributed by atoms with Crippen LogP contribution < -0.4 is 9.64 Å². The van der Waals surface area contributed by atoms with E-state index in [2.05, 4.69) is 123 Å². The van der Waals surface area contributed by atoms with Crippen LogP contribution in [0.25, 0.3) is 5.57 Å². The largest absolute Gasteiger partial charge is 0.497 e. The van der Waals surface area contributed by atoms with Gasteiger partial charge in [0.2, 0.25) is 0 Å². The summed E-state index contributed by atoms with van der Waals surface area (Å²) in [6.45, 7) is 0. The fraction of sp³-hybridized carbons (Fsp3) is 0.179. The van der Waals surface area contributed by atoms with E-state index in [4.69, 9.17) is 4.74 Å². The van der Waals surface area contributed by atoms with Crippen LogP contribution in [0.1, 0.15) is 11.1 Å². The number of allylic oxidation sites excluding steroid dienone is 9. The molecule has 0 saturated carbocycles. The number of hydrogen-bond donors (Lipinski definition) is 0. The highest BCUT2D eigenvalue weighted by atomic mass is 16.5. The third kappa shape index (κ3) is 5.95. The Kier molecular flexibility index (Phi) is 7.45. The van der Waals surface area contributed by atoms with Crippen molar-refractivity contribution >= 4 is 17.0 Å². The molecule has 0 aromatic heterocycles. The van der Waals surface area contributed by atoms with E-state index in [1.54, 1.807) is 7.11 Å². The zero-order valence-electron chi connectivity index (χ0n) is 19.0. The molecule has 3 nitrogen and oxygen atoms in total. The van der Waals surface area contributed by atoms with Crippen LogP contribution in [0.4, 0.5) is 5.69 Å². The summed E-state index contributed by atoms with van der Waals surface area (Å²) in [6.07, 6.45) is 17.0. The molecular weight excluding hydrogens is 380 g/mol. The van der Waals surface area contributed by atoms with Gasteiger partial charge in [0.15, 0.2) is 5.71 Å². The van der Waals surface area contributed by atoms with Crippen molar-refractivity contribution in [3.63, 3.8) is 0 Å². The second-order valence-corrected chi connectivity index (χ2v) is 7.79. The van der Waals surface area contributed by atoms with Gasteiger partial charge < -0.3 is 9.64 Å². The molecule has 0 atom stereocenters. The van der Waals surface area contributed by atoms with Crippen LogP contribution >= 0.6 is 0 Å². The standard InChI is InChI=1S/C28H31N2O/c1-29(2)25-16-10-22(11-17-25)8-6-7-9-28(24-14-20-27(31-5)21-15-24)23-12-18-26(19-13-23)30(3)4/h6-21H,1-5H3/q+1. The van der Waals surface area contributed by atoms with Gasteiger partial charge in [0.1, 0.15) is 19.8 Å². The van der Waals surface area contributed by atoms with Crippen molar-refractivity contribution in [3.8, 4) is 5.75 Å². The Morgan fingerprint density at radius 3 is 1.90 bits per heavy atom. The van der Waals surface area contributed by atoms with Gasteiger partial charge in [0.05, 0.1) is 7.11 Å². The summed E-state index contributed by atoms with van der Waals surface area (Å²) in [7, 11) is 9.90. The average Bonchev–Trinajstić information content (AvgIpc) is 2.79. The molecule has 1 aliphatic rings. The third-order valence-corrected chi connectivity index (χ3v) is 5.17. The summed E-state index contributed by atoms with van der Waals surface area (Å²) in [6, 6.07) is 16.8. The lowest BCUT2D eigenvalue weighted by atomic mass is 9.97. The van der Waals surface area contributed by atoms with Crippen LogP contribution in [0.15, 0.2) is 103 Å². The van der Waals surface area contributed by atoms with E-state index < -0.39 is 0 Å². The van der Waals surface area contributed by atoms with Crippen LogP contribution in [0.2, 0.25) is 0 Å². The lowest BCUT2D eigenvalue weighted by molar-refractivity contribution is -0.462. The minimum Gasteiger partial charge on any atom is -0.497 e. The quantitative estimate of drug-likeness (QED) is 0.460. The van der Waals surface area contributed by atoms with E-state index in [-0.39, 0.29) is 0 Å².